The Bertz CT molecular complexity index is 743. The molecule has 0 saturated heterocycles. The van der Waals surface area contributed by atoms with Crippen molar-refractivity contribution < 1.29 is 85.3 Å². The van der Waals surface area contributed by atoms with Crippen LogP contribution in [0.3, 0.4) is 0 Å². The van der Waals surface area contributed by atoms with E-state index in [2.05, 4.69) is 18.1 Å². The fraction of sp³-hybridized carbons (Fsp3) is 1.00. The smallest absolute Gasteiger partial charge is 0.387 e. The molecule has 0 heterocycles. The van der Waals surface area contributed by atoms with Gasteiger partial charge in [0.2, 0.25) is 0 Å². The summed E-state index contributed by atoms with van der Waals surface area (Å²) >= 11 is 0. The van der Waals surface area contributed by atoms with Crippen LogP contribution in [0.5, 0.6) is 0 Å². The van der Waals surface area contributed by atoms with E-state index in [1.807, 2.05) is 0 Å². The van der Waals surface area contributed by atoms with Crippen LogP contribution >= 0.6 is 31.3 Å². The quantitative estimate of drug-likeness (QED) is 0.141. The van der Waals surface area contributed by atoms with E-state index in [1.54, 1.807) is 0 Å². The van der Waals surface area contributed by atoms with Crippen LogP contribution in [0, 0.1) is 0 Å². The van der Waals surface area contributed by atoms with Crippen molar-refractivity contribution in [3.05, 3.63) is 0 Å². The molecule has 18 nitrogen and oxygen atoms in total. The molecule has 29 heavy (non-hydrogen) atoms. The lowest BCUT2D eigenvalue weighted by molar-refractivity contribution is -0.215. The van der Waals surface area contributed by atoms with Crippen LogP contribution in [0.2, 0.25) is 0 Å². The predicted octanol–water partition coefficient (Wildman–Crippen LogP) is -2.71. The molecule has 0 spiro atoms. The number of ether oxygens (including phenoxy) is 1. The summed E-state index contributed by atoms with van der Waals surface area (Å²) in [7, 11) is -21.5. The highest BCUT2D eigenvalue weighted by Gasteiger charge is 2.59. The Hall–Kier alpha value is 0.360. The summed E-state index contributed by atoms with van der Waals surface area (Å²) in [4.78, 5) is 72.1. The van der Waals surface area contributed by atoms with Gasteiger partial charge in [0.25, 0.3) is 0 Å². The maximum absolute atomic E-state index is 11.3. The van der Waals surface area contributed by atoms with E-state index in [0.29, 0.717) is 0 Å². The van der Waals surface area contributed by atoms with Crippen molar-refractivity contribution in [3.63, 3.8) is 0 Å². The molecule has 9 N–H and O–H groups in total. The van der Waals surface area contributed by atoms with E-state index < -0.39 is 67.9 Å². The van der Waals surface area contributed by atoms with Gasteiger partial charge in [0.1, 0.15) is 36.6 Å². The molecule has 6 atom stereocenters. The molecule has 1 fully saturated rings. The van der Waals surface area contributed by atoms with Crippen molar-refractivity contribution in [1.29, 1.82) is 0 Å². The zero-order chi connectivity index (χ0) is 23.0. The van der Waals surface area contributed by atoms with Crippen LogP contribution in [0.25, 0.3) is 0 Å². The van der Waals surface area contributed by atoms with Crippen molar-refractivity contribution >= 4 is 31.3 Å². The third-order valence-corrected chi connectivity index (χ3v) is 5.35. The maximum Gasteiger partial charge on any atom is 0.470 e. The minimum absolute atomic E-state index is 0.789. The fourth-order valence-corrected chi connectivity index (χ4v) is 4.76. The van der Waals surface area contributed by atoms with Crippen LogP contribution in [0.15, 0.2) is 0 Å². The molecule has 0 aromatic carbocycles. The van der Waals surface area contributed by atoms with E-state index in [4.69, 9.17) is 43.9 Å². The molecule has 1 aliphatic carbocycles. The zero-order valence-electron chi connectivity index (χ0n) is 14.0. The average Bonchev–Trinajstić information content (AvgIpc) is 2.42. The second-order valence-corrected chi connectivity index (χ2v) is 10.2. The number of rotatable bonds is 9. The fourth-order valence-electron chi connectivity index (χ4n) is 2.53. The van der Waals surface area contributed by atoms with Gasteiger partial charge < -0.3 is 49.0 Å². The van der Waals surface area contributed by atoms with E-state index >= 15 is 0 Å². The number of aliphatic hydroxyl groups is 1. The third kappa shape index (κ3) is 9.17. The van der Waals surface area contributed by atoms with Gasteiger partial charge in [-0.3, -0.25) is 18.1 Å². The summed E-state index contributed by atoms with van der Waals surface area (Å²) in [5.41, 5.74) is 0. The molecular formula is C7H18O18P4. The van der Waals surface area contributed by atoms with Crippen molar-refractivity contribution in [2.75, 3.05) is 7.11 Å². The van der Waals surface area contributed by atoms with Crippen LogP contribution < -0.4 is 0 Å². The minimum atomic E-state index is -5.64. The van der Waals surface area contributed by atoms with Crippen molar-refractivity contribution in [1.82, 2.24) is 0 Å². The first-order valence-corrected chi connectivity index (χ1v) is 13.0. The Morgan fingerprint density at radius 2 is 0.759 bits per heavy atom. The summed E-state index contributed by atoms with van der Waals surface area (Å²) in [6.07, 6.45) is -14.5. The Morgan fingerprint density at radius 1 is 0.517 bits per heavy atom. The van der Waals surface area contributed by atoms with Gasteiger partial charge in [-0.2, -0.15) is 0 Å². The molecule has 0 unspecified atom stereocenters. The van der Waals surface area contributed by atoms with Crippen LogP contribution in [-0.4, -0.2) is 88.0 Å². The molecule has 1 aliphatic rings. The Labute approximate surface area is 161 Å². The summed E-state index contributed by atoms with van der Waals surface area (Å²) in [5.74, 6) is 0. The minimum Gasteiger partial charge on any atom is -0.387 e. The van der Waals surface area contributed by atoms with Crippen LogP contribution in [0.1, 0.15) is 0 Å². The van der Waals surface area contributed by atoms with Crippen molar-refractivity contribution in [2.24, 2.45) is 0 Å². The molecule has 0 aromatic heterocycles. The number of phosphoric ester groups is 4. The van der Waals surface area contributed by atoms with Gasteiger partial charge in [-0.05, 0) is 0 Å². The third-order valence-electron chi connectivity index (χ3n) is 3.28. The maximum atomic E-state index is 11.3. The highest BCUT2D eigenvalue weighted by molar-refractivity contribution is 7.47. The Kier molecular flexibility index (Phi) is 8.94. The lowest BCUT2D eigenvalue weighted by Crippen LogP contribution is -2.66. The molecule has 0 bridgehead atoms. The van der Waals surface area contributed by atoms with E-state index in [-0.39, 0.29) is 0 Å². The van der Waals surface area contributed by atoms with Gasteiger partial charge in [-0.1, -0.05) is 0 Å². The SMILES string of the molecule is CO[C@H]1[C@@H](O)[C@@H](OP(=O)(O)O)[C@H](OP(=O)(O)O)[C@@H](OP(=O)(O)O)[C@@H]1OP(=O)(O)O. The van der Waals surface area contributed by atoms with Gasteiger partial charge >= 0.3 is 31.3 Å². The molecule has 174 valence electrons. The second-order valence-electron chi connectivity index (χ2n) is 5.43. The summed E-state index contributed by atoms with van der Waals surface area (Å²) in [6, 6.07) is 0. The highest BCUT2D eigenvalue weighted by Crippen LogP contribution is 2.53. The number of methoxy groups -OCH3 is 1. The molecular weight excluding hydrogens is 496 g/mol. The molecule has 0 aromatic rings. The first kappa shape index (κ1) is 27.4. The first-order valence-electron chi connectivity index (χ1n) is 6.91. The van der Waals surface area contributed by atoms with Gasteiger partial charge in [0.15, 0.2) is 0 Å². The van der Waals surface area contributed by atoms with Gasteiger partial charge in [-0.15, -0.1) is 0 Å². The number of phosphoric acid groups is 4. The summed E-state index contributed by atoms with van der Waals surface area (Å²) in [6.45, 7) is 0. The first-order chi connectivity index (χ1) is 12.7. The Morgan fingerprint density at radius 3 is 1.03 bits per heavy atom. The molecule has 0 radical (unpaired) electrons. The molecule has 22 heteroatoms. The number of hydrogen-bond acceptors (Lipinski definition) is 10. The average molecular weight is 514 g/mol. The monoisotopic (exact) mass is 514 g/mol. The van der Waals surface area contributed by atoms with Gasteiger partial charge in [0, 0.05) is 7.11 Å². The van der Waals surface area contributed by atoms with E-state index in [9.17, 15) is 23.4 Å². The highest BCUT2D eigenvalue weighted by atomic mass is 31.2. The Balaban J connectivity index is 3.61. The largest absolute Gasteiger partial charge is 0.470 e. The zero-order valence-corrected chi connectivity index (χ0v) is 17.5. The molecule has 1 saturated carbocycles. The molecule has 0 aliphatic heterocycles. The second kappa shape index (κ2) is 9.46. The topological polar surface area (TPSA) is 296 Å². The predicted molar refractivity (Wildman–Crippen MR) is 84.5 cm³/mol. The summed E-state index contributed by atoms with van der Waals surface area (Å²) in [5, 5.41) is 10.2. The number of hydrogen-bond donors (Lipinski definition) is 9. The molecule has 0 amide bonds. The number of aliphatic hydroxyl groups excluding tert-OH is 1. The lowest BCUT2D eigenvalue weighted by atomic mass is 9.85. The summed E-state index contributed by atoms with van der Waals surface area (Å²) < 4.78 is 66.5. The van der Waals surface area contributed by atoms with E-state index in [1.165, 1.54) is 0 Å². The van der Waals surface area contributed by atoms with E-state index in [0.717, 1.165) is 7.11 Å². The molecule has 1 rings (SSSR count). The lowest BCUT2D eigenvalue weighted by Gasteiger charge is -2.46. The van der Waals surface area contributed by atoms with Crippen molar-refractivity contribution in [2.45, 2.75) is 36.6 Å². The van der Waals surface area contributed by atoms with Gasteiger partial charge in [-0.25, -0.2) is 18.3 Å². The normalized spacial score (nSPS) is 32.3. The van der Waals surface area contributed by atoms with Crippen LogP contribution in [0.4, 0.5) is 0 Å². The standard InChI is InChI=1S/C7H18O18P4/c1-21-3-2(8)4(22-26(9,10)11)6(24-28(15,16)17)7(25-29(18,19)20)5(3)23-27(12,13)14/h2-8H,1H3,(H2,9,10,11)(H2,12,13,14)(H2,15,16,17)(H2,18,19,20)/t2-,3+,4-,5-,6+,7+/m1/s1. The van der Waals surface area contributed by atoms with Crippen molar-refractivity contribution in [3.8, 4) is 0 Å². The van der Waals surface area contributed by atoms with Crippen LogP contribution in [-0.2, 0) is 41.1 Å². The van der Waals surface area contributed by atoms with Gasteiger partial charge in [0.05, 0.1) is 0 Å².